The normalized spacial score (nSPS) is 14.5. The Labute approximate surface area is 130 Å². The predicted octanol–water partition coefficient (Wildman–Crippen LogP) is 1.39. The third-order valence-corrected chi connectivity index (χ3v) is 5.00. The fourth-order valence-electron chi connectivity index (χ4n) is 2.02. The van der Waals surface area contributed by atoms with E-state index in [4.69, 9.17) is 4.74 Å². The molecule has 0 amide bonds. The van der Waals surface area contributed by atoms with Crippen molar-refractivity contribution in [3.8, 4) is 0 Å². The number of benzene rings is 1. The number of rotatable bonds is 5. The van der Waals surface area contributed by atoms with Gasteiger partial charge in [0.25, 0.3) is 10.0 Å². The molecule has 0 aromatic heterocycles. The molecule has 0 fully saturated rings. The summed E-state index contributed by atoms with van der Waals surface area (Å²) in [6, 6.07) is 8.66. The van der Waals surface area contributed by atoms with Gasteiger partial charge >= 0.3 is 5.97 Å². The molecule has 0 atom stereocenters. The van der Waals surface area contributed by atoms with Crippen molar-refractivity contribution in [1.29, 1.82) is 0 Å². The summed E-state index contributed by atoms with van der Waals surface area (Å²) in [6.07, 6.45) is 2.85. The van der Waals surface area contributed by atoms with Gasteiger partial charge in [-0.05, 0) is 25.1 Å². The van der Waals surface area contributed by atoms with Crippen LogP contribution in [-0.4, -0.2) is 34.6 Å². The van der Waals surface area contributed by atoms with E-state index < -0.39 is 16.0 Å². The molecule has 1 aromatic rings. The number of anilines is 1. The highest BCUT2D eigenvalue weighted by Gasteiger charge is 2.32. The van der Waals surface area contributed by atoms with Gasteiger partial charge in [0.05, 0.1) is 17.9 Å². The van der Waals surface area contributed by atoms with E-state index >= 15 is 0 Å². The monoisotopic (exact) mass is 322 g/mol. The number of dihydropyridines is 1. The topological polar surface area (TPSA) is 75.7 Å². The molecule has 1 aliphatic rings. The van der Waals surface area contributed by atoms with Crippen LogP contribution in [-0.2, 0) is 19.6 Å². The highest BCUT2D eigenvalue weighted by molar-refractivity contribution is 7.96. The second-order valence-corrected chi connectivity index (χ2v) is 6.50. The number of hydrogen-bond acceptors (Lipinski definition) is 5. The molecule has 0 radical (unpaired) electrons. The van der Waals surface area contributed by atoms with Gasteiger partial charge in [-0.1, -0.05) is 18.2 Å². The fourth-order valence-corrected chi connectivity index (χ4v) is 3.39. The van der Waals surface area contributed by atoms with Crippen LogP contribution < -0.4 is 9.62 Å². The van der Waals surface area contributed by atoms with E-state index in [1.807, 2.05) is 0 Å². The van der Waals surface area contributed by atoms with E-state index in [1.54, 1.807) is 37.3 Å². The molecule has 0 unspecified atom stereocenters. The first-order valence-electron chi connectivity index (χ1n) is 6.83. The van der Waals surface area contributed by atoms with Crippen molar-refractivity contribution in [3.63, 3.8) is 0 Å². The summed E-state index contributed by atoms with van der Waals surface area (Å²) in [4.78, 5) is 11.9. The van der Waals surface area contributed by atoms with E-state index in [1.165, 1.54) is 19.3 Å². The van der Waals surface area contributed by atoms with Gasteiger partial charge in [0, 0.05) is 19.8 Å². The van der Waals surface area contributed by atoms with Crippen molar-refractivity contribution in [3.05, 3.63) is 53.1 Å². The van der Waals surface area contributed by atoms with Crippen molar-refractivity contribution in [2.24, 2.45) is 0 Å². The van der Waals surface area contributed by atoms with Crippen LogP contribution >= 0.6 is 0 Å². The predicted molar refractivity (Wildman–Crippen MR) is 84.6 cm³/mol. The molecule has 0 bridgehead atoms. The maximum atomic E-state index is 12.8. The van der Waals surface area contributed by atoms with Crippen LogP contribution in [0.15, 0.2) is 53.1 Å². The number of esters is 1. The number of nitrogens with zero attached hydrogens (tertiary/aromatic N) is 1. The number of nitrogens with one attached hydrogen (secondary N) is 1. The largest absolute Gasteiger partial charge is 0.462 e. The summed E-state index contributed by atoms with van der Waals surface area (Å²) in [6.45, 7) is 2.24. The standard InChI is InChI=1S/C15H18N2O4S/c1-3-21-15(18)13-9-10-16-11-14(13)22(19,20)17(2)12-7-5-4-6-8-12/h4-9,11,16H,3,10H2,1-2H3. The summed E-state index contributed by atoms with van der Waals surface area (Å²) >= 11 is 0. The second-order valence-electron chi connectivity index (χ2n) is 4.56. The van der Waals surface area contributed by atoms with Crippen molar-refractivity contribution in [1.82, 2.24) is 5.32 Å². The zero-order valence-corrected chi connectivity index (χ0v) is 13.3. The lowest BCUT2D eigenvalue weighted by Crippen LogP contribution is -2.32. The van der Waals surface area contributed by atoms with Crippen LogP contribution in [0.4, 0.5) is 5.69 Å². The van der Waals surface area contributed by atoms with Gasteiger partial charge in [-0.2, -0.15) is 0 Å². The minimum atomic E-state index is -3.86. The van der Waals surface area contributed by atoms with Gasteiger partial charge in [0.2, 0.25) is 0 Å². The highest BCUT2D eigenvalue weighted by Crippen LogP contribution is 2.26. The molecular weight excluding hydrogens is 304 g/mol. The summed E-state index contributed by atoms with van der Waals surface area (Å²) in [5.74, 6) is -0.639. The van der Waals surface area contributed by atoms with E-state index in [0.29, 0.717) is 12.2 Å². The van der Waals surface area contributed by atoms with E-state index in [9.17, 15) is 13.2 Å². The van der Waals surface area contributed by atoms with Crippen LogP contribution in [0.3, 0.4) is 0 Å². The number of para-hydroxylation sites is 1. The van der Waals surface area contributed by atoms with Crippen LogP contribution in [0.25, 0.3) is 0 Å². The van der Waals surface area contributed by atoms with Gasteiger partial charge in [-0.25, -0.2) is 13.2 Å². The average molecular weight is 322 g/mol. The number of sulfonamides is 1. The van der Waals surface area contributed by atoms with Gasteiger partial charge in [0.15, 0.2) is 0 Å². The van der Waals surface area contributed by atoms with Crippen molar-refractivity contribution >= 4 is 21.7 Å². The third-order valence-electron chi connectivity index (χ3n) is 3.18. The van der Waals surface area contributed by atoms with E-state index in [0.717, 1.165) is 4.31 Å². The molecule has 0 saturated carbocycles. The molecule has 6 nitrogen and oxygen atoms in total. The van der Waals surface area contributed by atoms with Crippen LogP contribution in [0.1, 0.15) is 6.92 Å². The first-order valence-corrected chi connectivity index (χ1v) is 8.27. The van der Waals surface area contributed by atoms with E-state index in [-0.39, 0.29) is 17.1 Å². The lowest BCUT2D eigenvalue weighted by molar-refractivity contribution is -0.138. The Hall–Kier alpha value is -2.28. The second kappa shape index (κ2) is 6.65. The Morgan fingerprint density at radius 2 is 2.00 bits per heavy atom. The average Bonchev–Trinajstić information content (AvgIpc) is 2.55. The Balaban J connectivity index is 2.37. The summed E-state index contributed by atoms with van der Waals surface area (Å²) < 4.78 is 31.6. The molecule has 1 N–H and O–H groups in total. The van der Waals surface area contributed by atoms with Crippen molar-refractivity contribution < 1.29 is 17.9 Å². The Kier molecular flexibility index (Phi) is 4.87. The number of hydrogen-bond donors (Lipinski definition) is 1. The molecule has 0 spiro atoms. The zero-order valence-electron chi connectivity index (χ0n) is 12.4. The lowest BCUT2D eigenvalue weighted by atomic mass is 10.2. The SMILES string of the molecule is CCOC(=O)C1=CCNC=C1S(=O)(=O)N(C)c1ccccc1. The van der Waals surface area contributed by atoms with Gasteiger partial charge in [-0.3, -0.25) is 4.31 Å². The molecular formula is C15H18N2O4S. The van der Waals surface area contributed by atoms with Crippen LogP contribution in [0.2, 0.25) is 0 Å². The molecule has 1 heterocycles. The van der Waals surface area contributed by atoms with Gasteiger partial charge in [0.1, 0.15) is 4.91 Å². The first-order chi connectivity index (χ1) is 10.5. The Bertz CT molecular complexity index is 708. The molecule has 0 saturated heterocycles. The number of carbonyl (C=O) groups is 1. The van der Waals surface area contributed by atoms with Crippen LogP contribution in [0.5, 0.6) is 0 Å². The summed E-state index contributed by atoms with van der Waals surface area (Å²) in [5.41, 5.74) is 0.570. The number of ether oxygens (including phenoxy) is 1. The summed E-state index contributed by atoms with van der Waals surface area (Å²) in [5, 5.41) is 2.82. The third kappa shape index (κ3) is 3.14. The van der Waals surface area contributed by atoms with Gasteiger partial charge in [-0.15, -0.1) is 0 Å². The fraction of sp³-hybridized carbons (Fsp3) is 0.267. The first kappa shape index (κ1) is 16.1. The quantitative estimate of drug-likeness (QED) is 0.829. The molecule has 1 aromatic carbocycles. The zero-order chi connectivity index (χ0) is 16.2. The lowest BCUT2D eigenvalue weighted by Gasteiger charge is -2.23. The molecule has 1 aliphatic heterocycles. The Morgan fingerprint density at radius 1 is 1.32 bits per heavy atom. The maximum absolute atomic E-state index is 12.8. The van der Waals surface area contributed by atoms with E-state index in [2.05, 4.69) is 5.32 Å². The minimum absolute atomic E-state index is 0.0587. The Morgan fingerprint density at radius 3 is 2.64 bits per heavy atom. The van der Waals surface area contributed by atoms with Gasteiger partial charge < -0.3 is 10.1 Å². The molecule has 118 valence electrons. The molecule has 0 aliphatic carbocycles. The van der Waals surface area contributed by atoms with Crippen molar-refractivity contribution in [2.45, 2.75) is 6.92 Å². The van der Waals surface area contributed by atoms with Crippen molar-refractivity contribution in [2.75, 3.05) is 24.5 Å². The number of carbonyl (C=O) groups excluding carboxylic acids is 1. The van der Waals surface area contributed by atoms with Crippen LogP contribution in [0, 0.1) is 0 Å². The highest BCUT2D eigenvalue weighted by atomic mass is 32.2. The maximum Gasteiger partial charge on any atom is 0.339 e. The molecule has 2 rings (SSSR count). The molecule has 7 heteroatoms. The minimum Gasteiger partial charge on any atom is -0.462 e. The summed E-state index contributed by atoms with van der Waals surface area (Å²) in [7, 11) is -2.42. The molecule has 22 heavy (non-hydrogen) atoms. The smallest absolute Gasteiger partial charge is 0.339 e.